The van der Waals surface area contributed by atoms with Crippen molar-refractivity contribution >= 4 is 5.57 Å². The molecule has 1 aromatic carbocycles. The summed E-state index contributed by atoms with van der Waals surface area (Å²) in [6.07, 6.45) is 22.2. The SMILES string of the molecule is CCCCCCCCC1CCC(C2CC=CC=C2c2cc(F)cc(F)c2)CC1. The fraction of sp³-hybridized carbons (Fsp3) is 0.615. The molecule has 154 valence electrons. The van der Waals surface area contributed by atoms with Gasteiger partial charge >= 0.3 is 0 Å². The highest BCUT2D eigenvalue weighted by Gasteiger charge is 2.30. The maximum Gasteiger partial charge on any atom is 0.126 e. The average molecular weight is 387 g/mol. The predicted octanol–water partition coefficient (Wildman–Crippen LogP) is 8.48. The van der Waals surface area contributed by atoms with Crippen LogP contribution in [0.25, 0.3) is 5.57 Å². The van der Waals surface area contributed by atoms with E-state index in [1.54, 1.807) is 0 Å². The standard InChI is InChI=1S/C26H36F2/c1-2-3-4-5-6-7-10-20-13-15-21(16-14-20)25-11-8-9-12-26(25)22-17-23(27)19-24(28)18-22/h8-9,12,17-21,25H,2-7,10-11,13-16H2,1H3. The molecular formula is C26H36F2. The van der Waals surface area contributed by atoms with Gasteiger partial charge in [0.05, 0.1) is 0 Å². The third-order valence-corrected chi connectivity index (χ3v) is 6.82. The Morgan fingerprint density at radius 2 is 1.54 bits per heavy atom. The van der Waals surface area contributed by atoms with Crippen LogP contribution in [0.1, 0.15) is 89.5 Å². The second-order valence-electron chi connectivity index (χ2n) is 8.89. The monoisotopic (exact) mass is 386 g/mol. The van der Waals surface area contributed by atoms with E-state index in [0.717, 1.165) is 29.5 Å². The van der Waals surface area contributed by atoms with Crippen LogP contribution in [-0.4, -0.2) is 0 Å². The lowest BCUT2D eigenvalue weighted by atomic mass is 9.69. The van der Waals surface area contributed by atoms with Crippen LogP contribution in [0.15, 0.2) is 36.4 Å². The summed E-state index contributed by atoms with van der Waals surface area (Å²) in [5.74, 6) is 0.976. The fourth-order valence-corrected chi connectivity index (χ4v) is 5.22. The summed E-state index contributed by atoms with van der Waals surface area (Å²) >= 11 is 0. The molecule has 1 fully saturated rings. The highest BCUT2D eigenvalue weighted by atomic mass is 19.1. The number of rotatable bonds is 9. The molecule has 2 aliphatic carbocycles. The van der Waals surface area contributed by atoms with Crippen molar-refractivity contribution in [2.45, 2.75) is 84.0 Å². The number of hydrogen-bond donors (Lipinski definition) is 0. The van der Waals surface area contributed by atoms with Crippen molar-refractivity contribution < 1.29 is 8.78 Å². The average Bonchev–Trinajstić information content (AvgIpc) is 2.70. The first kappa shape index (κ1) is 21.3. The number of halogens is 2. The second-order valence-corrected chi connectivity index (χ2v) is 8.89. The minimum absolute atomic E-state index is 0.404. The van der Waals surface area contributed by atoms with E-state index < -0.39 is 11.6 Å². The van der Waals surface area contributed by atoms with Crippen molar-refractivity contribution in [1.29, 1.82) is 0 Å². The van der Waals surface area contributed by atoms with E-state index in [-0.39, 0.29) is 0 Å². The third-order valence-electron chi connectivity index (χ3n) is 6.82. The van der Waals surface area contributed by atoms with E-state index in [4.69, 9.17) is 0 Å². The molecule has 0 radical (unpaired) electrons. The van der Waals surface area contributed by atoms with Crippen molar-refractivity contribution in [3.05, 3.63) is 53.6 Å². The van der Waals surface area contributed by atoms with Crippen molar-refractivity contribution in [3.63, 3.8) is 0 Å². The third kappa shape index (κ3) is 6.03. The largest absolute Gasteiger partial charge is 0.207 e. The maximum atomic E-state index is 13.7. The Balaban J connectivity index is 1.50. The van der Waals surface area contributed by atoms with Gasteiger partial charge in [0.2, 0.25) is 0 Å². The van der Waals surface area contributed by atoms with E-state index in [1.807, 2.05) is 6.08 Å². The Labute approximate surface area is 170 Å². The van der Waals surface area contributed by atoms with Gasteiger partial charge in [-0.2, -0.15) is 0 Å². The second kappa shape index (κ2) is 10.9. The highest BCUT2D eigenvalue weighted by molar-refractivity contribution is 5.70. The minimum Gasteiger partial charge on any atom is -0.207 e. The summed E-state index contributed by atoms with van der Waals surface area (Å²) in [6.45, 7) is 2.27. The van der Waals surface area contributed by atoms with E-state index in [1.165, 1.54) is 82.8 Å². The van der Waals surface area contributed by atoms with Gasteiger partial charge in [-0.05, 0) is 60.3 Å². The molecule has 1 unspecified atom stereocenters. The van der Waals surface area contributed by atoms with Crippen LogP contribution in [0.4, 0.5) is 8.78 Å². The number of benzene rings is 1. The van der Waals surface area contributed by atoms with Crippen LogP contribution < -0.4 is 0 Å². The van der Waals surface area contributed by atoms with E-state index >= 15 is 0 Å². The first-order valence-corrected chi connectivity index (χ1v) is 11.5. The molecule has 0 aromatic heterocycles. The van der Waals surface area contributed by atoms with E-state index in [2.05, 4.69) is 19.1 Å². The van der Waals surface area contributed by atoms with Crippen molar-refractivity contribution in [1.82, 2.24) is 0 Å². The Morgan fingerprint density at radius 3 is 2.25 bits per heavy atom. The van der Waals surface area contributed by atoms with Gasteiger partial charge in [0, 0.05) is 6.07 Å². The molecule has 2 aliphatic rings. The van der Waals surface area contributed by atoms with Gasteiger partial charge in [-0.3, -0.25) is 0 Å². The fourth-order valence-electron chi connectivity index (χ4n) is 5.22. The maximum absolute atomic E-state index is 13.7. The van der Waals surface area contributed by atoms with Crippen molar-refractivity contribution in [3.8, 4) is 0 Å². The van der Waals surface area contributed by atoms with Crippen LogP contribution in [0.2, 0.25) is 0 Å². The smallest absolute Gasteiger partial charge is 0.126 e. The quantitative estimate of drug-likeness (QED) is 0.373. The van der Waals surface area contributed by atoms with Gasteiger partial charge in [0.25, 0.3) is 0 Å². The van der Waals surface area contributed by atoms with Crippen molar-refractivity contribution in [2.24, 2.45) is 17.8 Å². The molecule has 2 heteroatoms. The molecule has 1 saturated carbocycles. The molecule has 0 spiro atoms. The Hall–Kier alpha value is -1.44. The molecule has 28 heavy (non-hydrogen) atoms. The van der Waals surface area contributed by atoms with Gasteiger partial charge in [-0.1, -0.05) is 82.9 Å². The molecule has 0 nitrogen and oxygen atoms in total. The van der Waals surface area contributed by atoms with Crippen LogP contribution >= 0.6 is 0 Å². The zero-order valence-electron chi connectivity index (χ0n) is 17.4. The molecular weight excluding hydrogens is 350 g/mol. The molecule has 0 aliphatic heterocycles. The van der Waals surface area contributed by atoms with Crippen LogP contribution in [-0.2, 0) is 0 Å². The van der Waals surface area contributed by atoms with Crippen LogP contribution in [0, 0.1) is 29.4 Å². The first-order valence-electron chi connectivity index (χ1n) is 11.5. The Kier molecular flexibility index (Phi) is 8.30. The van der Waals surface area contributed by atoms with Crippen LogP contribution in [0.5, 0.6) is 0 Å². The summed E-state index contributed by atoms with van der Waals surface area (Å²) in [5, 5.41) is 0. The minimum atomic E-state index is -0.480. The molecule has 0 bridgehead atoms. The molecule has 0 saturated heterocycles. The molecule has 0 amide bonds. The summed E-state index contributed by atoms with van der Waals surface area (Å²) < 4.78 is 27.5. The normalized spacial score (nSPS) is 25.0. The molecule has 1 atom stereocenters. The highest BCUT2D eigenvalue weighted by Crippen LogP contribution is 2.43. The Bertz CT molecular complexity index is 645. The zero-order chi connectivity index (χ0) is 19.8. The van der Waals surface area contributed by atoms with Gasteiger partial charge in [0.1, 0.15) is 11.6 Å². The topological polar surface area (TPSA) is 0 Å². The molecule has 0 heterocycles. The molecule has 3 rings (SSSR count). The lowest BCUT2D eigenvalue weighted by molar-refractivity contribution is 0.222. The lowest BCUT2D eigenvalue weighted by Crippen LogP contribution is -2.23. The van der Waals surface area contributed by atoms with Crippen molar-refractivity contribution in [2.75, 3.05) is 0 Å². The number of allylic oxidation sites excluding steroid dienone is 4. The molecule has 0 N–H and O–H groups in total. The van der Waals surface area contributed by atoms with Gasteiger partial charge in [-0.15, -0.1) is 0 Å². The number of hydrogen-bond acceptors (Lipinski definition) is 0. The summed E-state index contributed by atoms with van der Waals surface area (Å²) in [7, 11) is 0. The lowest BCUT2D eigenvalue weighted by Gasteiger charge is -2.36. The van der Waals surface area contributed by atoms with Gasteiger partial charge < -0.3 is 0 Å². The van der Waals surface area contributed by atoms with Gasteiger partial charge in [0.15, 0.2) is 0 Å². The summed E-state index contributed by atoms with van der Waals surface area (Å²) in [4.78, 5) is 0. The molecule has 1 aromatic rings. The van der Waals surface area contributed by atoms with Crippen LogP contribution in [0.3, 0.4) is 0 Å². The first-order chi connectivity index (χ1) is 13.7. The van der Waals surface area contributed by atoms with E-state index in [0.29, 0.717) is 11.8 Å². The summed E-state index contributed by atoms with van der Waals surface area (Å²) in [5.41, 5.74) is 1.85. The Morgan fingerprint density at radius 1 is 0.857 bits per heavy atom. The van der Waals surface area contributed by atoms with Gasteiger partial charge in [-0.25, -0.2) is 8.78 Å². The number of unbranched alkanes of at least 4 members (excludes halogenated alkanes) is 5. The summed E-state index contributed by atoms with van der Waals surface area (Å²) in [6, 6.07) is 3.95. The van der Waals surface area contributed by atoms with E-state index in [9.17, 15) is 8.78 Å². The zero-order valence-corrected chi connectivity index (χ0v) is 17.4. The predicted molar refractivity (Wildman–Crippen MR) is 115 cm³/mol.